The number of aliphatic hydroxyl groups is 1. The maximum atomic E-state index is 11.1. The Balaban J connectivity index is 0.000000687. The predicted molar refractivity (Wildman–Crippen MR) is 121 cm³/mol. The van der Waals surface area contributed by atoms with Gasteiger partial charge in [0.25, 0.3) is 0 Å². The third kappa shape index (κ3) is 3.57. The SMILES string of the molecule is C#C[C@]1(O)CC[C@H]2[C@@H]3CCc4cc(OC5CCCC5)ccc4[C@H]3CC[C@@]21C.COC. The smallest absolute Gasteiger partial charge is 0.130 e. The van der Waals surface area contributed by atoms with Crippen LogP contribution in [0.1, 0.15) is 81.8 Å². The number of rotatable bonds is 2. The van der Waals surface area contributed by atoms with Crippen molar-refractivity contribution >= 4 is 0 Å². The van der Waals surface area contributed by atoms with E-state index in [1.165, 1.54) is 37.7 Å². The molecule has 30 heavy (non-hydrogen) atoms. The van der Waals surface area contributed by atoms with Gasteiger partial charge in [-0.1, -0.05) is 18.9 Å². The van der Waals surface area contributed by atoms with Gasteiger partial charge in [0, 0.05) is 19.6 Å². The zero-order chi connectivity index (χ0) is 21.4. The van der Waals surface area contributed by atoms with E-state index in [9.17, 15) is 5.11 Å². The van der Waals surface area contributed by atoms with Crippen molar-refractivity contribution in [2.75, 3.05) is 14.2 Å². The minimum atomic E-state index is -0.901. The molecular weight excluding hydrogens is 372 g/mol. The summed E-state index contributed by atoms with van der Waals surface area (Å²) in [5, 5.41) is 11.1. The van der Waals surface area contributed by atoms with Crippen LogP contribution in [0.4, 0.5) is 0 Å². The van der Waals surface area contributed by atoms with E-state index < -0.39 is 5.60 Å². The van der Waals surface area contributed by atoms with Crippen LogP contribution in [0.2, 0.25) is 0 Å². The van der Waals surface area contributed by atoms with Crippen LogP contribution < -0.4 is 4.74 Å². The fourth-order valence-corrected chi connectivity index (χ4v) is 7.08. The fraction of sp³-hybridized carbons (Fsp3) is 0.704. The molecule has 0 aliphatic heterocycles. The molecule has 5 atom stereocenters. The maximum Gasteiger partial charge on any atom is 0.130 e. The summed E-state index contributed by atoms with van der Waals surface area (Å²) in [6, 6.07) is 6.88. The first-order valence-corrected chi connectivity index (χ1v) is 11.9. The molecule has 4 aliphatic carbocycles. The normalized spacial score (nSPS) is 37.2. The first-order valence-electron chi connectivity index (χ1n) is 11.9. The van der Waals surface area contributed by atoms with E-state index in [0.29, 0.717) is 23.9 Å². The van der Waals surface area contributed by atoms with Gasteiger partial charge in [-0.15, -0.1) is 6.42 Å². The highest BCUT2D eigenvalue weighted by Gasteiger charge is 2.61. The van der Waals surface area contributed by atoms with E-state index in [1.807, 2.05) is 0 Å². The molecule has 0 unspecified atom stereocenters. The molecule has 3 saturated carbocycles. The summed E-state index contributed by atoms with van der Waals surface area (Å²) in [5.41, 5.74) is 2.04. The number of fused-ring (bicyclic) bond motifs is 5. The van der Waals surface area contributed by atoms with Crippen LogP contribution in [0, 0.1) is 29.6 Å². The van der Waals surface area contributed by atoms with Crippen LogP contribution >= 0.6 is 0 Å². The molecule has 164 valence electrons. The Labute approximate surface area is 182 Å². The Bertz CT molecular complexity index is 790. The lowest BCUT2D eigenvalue weighted by Gasteiger charge is -2.52. The van der Waals surface area contributed by atoms with Crippen molar-refractivity contribution in [2.45, 2.75) is 88.8 Å². The van der Waals surface area contributed by atoms with Crippen molar-refractivity contribution in [1.29, 1.82) is 0 Å². The van der Waals surface area contributed by atoms with Gasteiger partial charge in [0.2, 0.25) is 0 Å². The monoisotopic (exact) mass is 410 g/mol. The summed E-state index contributed by atoms with van der Waals surface area (Å²) < 4.78 is 10.5. The summed E-state index contributed by atoms with van der Waals surface area (Å²) in [6.45, 7) is 2.26. The minimum absolute atomic E-state index is 0.105. The lowest BCUT2D eigenvalue weighted by Crippen LogP contribution is -2.50. The molecule has 3 nitrogen and oxygen atoms in total. The number of aryl methyl sites for hydroxylation is 1. The molecule has 1 N–H and O–H groups in total. The van der Waals surface area contributed by atoms with E-state index in [-0.39, 0.29) is 5.41 Å². The highest BCUT2D eigenvalue weighted by Crippen LogP contribution is 2.64. The van der Waals surface area contributed by atoms with Crippen molar-refractivity contribution in [3.8, 4) is 18.1 Å². The Morgan fingerprint density at radius 1 is 1.07 bits per heavy atom. The van der Waals surface area contributed by atoms with Gasteiger partial charge in [0.15, 0.2) is 0 Å². The molecule has 0 spiro atoms. The van der Waals surface area contributed by atoms with Gasteiger partial charge < -0.3 is 14.6 Å². The van der Waals surface area contributed by atoms with E-state index in [0.717, 1.165) is 37.9 Å². The zero-order valence-electron chi connectivity index (χ0n) is 19.0. The molecule has 4 aliphatic rings. The topological polar surface area (TPSA) is 38.7 Å². The third-order valence-corrected chi connectivity index (χ3v) is 8.69. The van der Waals surface area contributed by atoms with Crippen molar-refractivity contribution in [1.82, 2.24) is 0 Å². The number of ether oxygens (including phenoxy) is 2. The maximum absolute atomic E-state index is 11.1. The van der Waals surface area contributed by atoms with E-state index in [4.69, 9.17) is 11.2 Å². The van der Waals surface area contributed by atoms with Gasteiger partial charge in [0.05, 0.1) is 6.10 Å². The molecule has 5 rings (SSSR count). The van der Waals surface area contributed by atoms with E-state index >= 15 is 0 Å². The summed E-state index contributed by atoms with van der Waals surface area (Å²) in [6.07, 6.45) is 17.6. The average molecular weight is 411 g/mol. The molecule has 0 bridgehead atoms. The van der Waals surface area contributed by atoms with Gasteiger partial charge >= 0.3 is 0 Å². The second kappa shape index (κ2) is 8.56. The van der Waals surface area contributed by atoms with Gasteiger partial charge in [-0.25, -0.2) is 0 Å². The summed E-state index contributed by atoms with van der Waals surface area (Å²) >= 11 is 0. The molecule has 3 fully saturated rings. The molecule has 0 aromatic heterocycles. The second-order valence-corrected chi connectivity index (χ2v) is 10.2. The van der Waals surface area contributed by atoms with Crippen molar-refractivity contribution < 1.29 is 14.6 Å². The largest absolute Gasteiger partial charge is 0.490 e. The molecular formula is C27H38O3. The minimum Gasteiger partial charge on any atom is -0.490 e. The van der Waals surface area contributed by atoms with Crippen LogP contribution in [0.3, 0.4) is 0 Å². The molecule has 0 saturated heterocycles. The van der Waals surface area contributed by atoms with Gasteiger partial charge in [-0.2, -0.15) is 0 Å². The summed E-state index contributed by atoms with van der Waals surface area (Å²) in [5.74, 6) is 5.70. The van der Waals surface area contributed by atoms with Gasteiger partial charge in [-0.05, 0) is 105 Å². The lowest BCUT2D eigenvalue weighted by molar-refractivity contribution is -0.0647. The van der Waals surface area contributed by atoms with Gasteiger partial charge in [0.1, 0.15) is 11.4 Å². The van der Waals surface area contributed by atoms with Crippen molar-refractivity contribution in [2.24, 2.45) is 17.3 Å². The van der Waals surface area contributed by atoms with Gasteiger partial charge in [-0.3, -0.25) is 0 Å². The number of benzene rings is 1. The van der Waals surface area contributed by atoms with E-state index in [2.05, 4.69) is 35.8 Å². The summed E-state index contributed by atoms with van der Waals surface area (Å²) in [7, 11) is 3.25. The van der Waals surface area contributed by atoms with Crippen LogP contribution in [0.5, 0.6) is 5.75 Å². The number of terminal acetylenes is 1. The first-order chi connectivity index (χ1) is 14.5. The molecule has 0 amide bonds. The van der Waals surface area contributed by atoms with Crippen molar-refractivity contribution in [3.05, 3.63) is 29.3 Å². The Kier molecular flexibility index (Phi) is 6.20. The molecule has 0 radical (unpaired) electrons. The van der Waals surface area contributed by atoms with Crippen LogP contribution in [-0.4, -0.2) is 31.0 Å². The van der Waals surface area contributed by atoms with Crippen molar-refractivity contribution in [3.63, 3.8) is 0 Å². The van der Waals surface area contributed by atoms with Crippen LogP contribution in [-0.2, 0) is 11.2 Å². The van der Waals surface area contributed by atoms with Crippen LogP contribution in [0.15, 0.2) is 18.2 Å². The first kappa shape index (κ1) is 21.7. The number of hydrogen-bond donors (Lipinski definition) is 1. The zero-order valence-corrected chi connectivity index (χ0v) is 19.0. The van der Waals surface area contributed by atoms with Crippen LogP contribution in [0.25, 0.3) is 0 Å². The molecule has 1 aromatic carbocycles. The summed E-state index contributed by atoms with van der Waals surface area (Å²) in [4.78, 5) is 0. The second-order valence-electron chi connectivity index (χ2n) is 10.2. The Hall–Kier alpha value is -1.50. The number of hydrogen-bond acceptors (Lipinski definition) is 3. The Morgan fingerprint density at radius 2 is 1.80 bits per heavy atom. The predicted octanol–water partition coefficient (Wildman–Crippen LogP) is 5.49. The fourth-order valence-electron chi connectivity index (χ4n) is 7.08. The number of methoxy groups -OCH3 is 1. The standard InChI is InChI=1S/C25H32O2.C2H6O/c1-3-25(26)15-13-23-22-10-8-17-16-19(27-18-6-4-5-7-18)9-11-20(17)21(22)12-14-24(23,25)2;1-3-2/h1,9,11,16,18,21-23,26H,4-8,10,12-15H2,2H3;1-2H3/t21-,22-,23+,24+,25+;/m1./s1. The third-order valence-electron chi connectivity index (χ3n) is 8.69. The molecule has 0 heterocycles. The quantitative estimate of drug-likeness (QED) is 0.655. The Morgan fingerprint density at radius 3 is 2.50 bits per heavy atom. The molecule has 1 aromatic rings. The van der Waals surface area contributed by atoms with E-state index in [1.54, 1.807) is 19.8 Å². The lowest BCUT2D eigenvalue weighted by atomic mass is 9.53. The highest BCUT2D eigenvalue weighted by atomic mass is 16.5. The molecule has 3 heteroatoms. The average Bonchev–Trinajstić information content (AvgIpc) is 3.34. The highest BCUT2D eigenvalue weighted by molar-refractivity contribution is 5.41.